The average Bonchev–Trinajstić information content (AvgIpc) is 3.64. The Morgan fingerprint density at radius 1 is 0.268 bits per heavy atom. The third-order valence-corrected chi connectivity index (χ3v) is 11.2. The van der Waals surface area contributed by atoms with Crippen molar-refractivity contribution in [2.75, 3.05) is 4.90 Å². The second-order valence-electron chi connectivity index (χ2n) is 14.5. The highest BCUT2D eigenvalue weighted by molar-refractivity contribution is 6.14. The quantitative estimate of drug-likeness (QED) is 0.160. The summed E-state index contributed by atoms with van der Waals surface area (Å²) in [6.45, 7) is 0. The summed E-state index contributed by atoms with van der Waals surface area (Å²) in [6, 6.07) is 76.6. The van der Waals surface area contributed by atoms with Crippen LogP contribution in [0, 0.1) is 0 Å². The number of furan rings is 1. The van der Waals surface area contributed by atoms with Crippen molar-refractivity contribution < 1.29 is 4.42 Å². The molecule has 0 saturated heterocycles. The Kier molecular flexibility index (Phi) is 7.53. The zero-order valence-corrected chi connectivity index (χ0v) is 30.6. The molecule has 11 aromatic rings. The Morgan fingerprint density at radius 2 is 0.839 bits per heavy atom. The van der Waals surface area contributed by atoms with Crippen LogP contribution in [0.2, 0.25) is 0 Å². The zero-order valence-electron chi connectivity index (χ0n) is 30.6. The maximum Gasteiger partial charge on any atom is 0.136 e. The van der Waals surface area contributed by atoms with Crippen molar-refractivity contribution in [1.29, 1.82) is 0 Å². The molecule has 0 fully saturated rings. The number of benzene rings is 10. The Labute approximate surface area is 325 Å². The van der Waals surface area contributed by atoms with Gasteiger partial charge in [-0.3, -0.25) is 0 Å². The normalized spacial score (nSPS) is 11.6. The van der Waals surface area contributed by atoms with Crippen LogP contribution in [-0.4, -0.2) is 0 Å². The van der Waals surface area contributed by atoms with E-state index in [-0.39, 0.29) is 0 Å². The minimum atomic E-state index is 0.901. The lowest BCUT2D eigenvalue weighted by Gasteiger charge is -2.27. The van der Waals surface area contributed by atoms with Crippen LogP contribution < -0.4 is 4.90 Å². The van der Waals surface area contributed by atoms with E-state index in [1.807, 2.05) is 12.1 Å². The van der Waals surface area contributed by atoms with Crippen LogP contribution in [0.15, 0.2) is 217 Å². The first-order valence-electron chi connectivity index (χ1n) is 19.2. The molecule has 0 saturated carbocycles. The Bertz CT molecular complexity index is 3260. The zero-order chi connectivity index (χ0) is 37.0. The molecule has 2 heteroatoms. The fraction of sp³-hybridized carbons (Fsp3) is 0. The largest absolute Gasteiger partial charge is 0.456 e. The fourth-order valence-corrected chi connectivity index (χ4v) is 8.55. The number of nitrogens with zero attached hydrogens (tertiary/aromatic N) is 1. The molecule has 0 N–H and O–H groups in total. The van der Waals surface area contributed by atoms with Gasteiger partial charge in [0.25, 0.3) is 0 Å². The maximum absolute atomic E-state index is 6.26. The maximum atomic E-state index is 6.26. The van der Waals surface area contributed by atoms with E-state index in [1.54, 1.807) is 0 Å². The van der Waals surface area contributed by atoms with Crippen LogP contribution in [0.5, 0.6) is 0 Å². The fourth-order valence-electron chi connectivity index (χ4n) is 8.55. The minimum Gasteiger partial charge on any atom is -0.456 e. The Morgan fingerprint density at radius 3 is 1.62 bits per heavy atom. The van der Waals surface area contributed by atoms with Gasteiger partial charge in [0, 0.05) is 27.8 Å². The number of fused-ring (bicyclic) bond motifs is 7. The second-order valence-corrected chi connectivity index (χ2v) is 14.5. The van der Waals surface area contributed by atoms with Gasteiger partial charge in [0.1, 0.15) is 11.2 Å². The summed E-state index contributed by atoms with van der Waals surface area (Å²) in [5.41, 5.74) is 12.1. The van der Waals surface area contributed by atoms with Gasteiger partial charge in [0.05, 0.1) is 0 Å². The highest BCUT2D eigenvalue weighted by Crippen LogP contribution is 2.42. The molecule has 2 nitrogen and oxygen atoms in total. The van der Waals surface area contributed by atoms with E-state index < -0.39 is 0 Å². The molecular weight excluding hydrogens is 679 g/mol. The van der Waals surface area contributed by atoms with Gasteiger partial charge in [0.15, 0.2) is 0 Å². The number of hydrogen-bond acceptors (Lipinski definition) is 2. The molecule has 56 heavy (non-hydrogen) atoms. The lowest BCUT2D eigenvalue weighted by molar-refractivity contribution is 0.669. The van der Waals surface area contributed by atoms with Crippen molar-refractivity contribution in [3.63, 3.8) is 0 Å². The highest BCUT2D eigenvalue weighted by atomic mass is 16.3. The predicted molar refractivity (Wildman–Crippen MR) is 237 cm³/mol. The third-order valence-electron chi connectivity index (χ3n) is 11.2. The first-order valence-corrected chi connectivity index (χ1v) is 19.2. The SMILES string of the molecule is c1cc(-c2cccc3ccccc23)cc(N(c2ccc(-c3ccc4c(c3)oc3ccccc34)cc2)c2cccc(-c3cc4ccccc4c4ccccc34)c2)c1. The van der Waals surface area contributed by atoms with Crippen molar-refractivity contribution in [3.05, 3.63) is 212 Å². The molecule has 0 bridgehead atoms. The van der Waals surface area contributed by atoms with Crippen molar-refractivity contribution >= 4 is 71.3 Å². The number of anilines is 3. The molecule has 1 heterocycles. The summed E-state index contributed by atoms with van der Waals surface area (Å²) < 4.78 is 6.26. The smallest absolute Gasteiger partial charge is 0.136 e. The van der Waals surface area contributed by atoms with Crippen LogP contribution in [0.1, 0.15) is 0 Å². The molecule has 0 unspecified atom stereocenters. The van der Waals surface area contributed by atoms with E-state index >= 15 is 0 Å². The van der Waals surface area contributed by atoms with E-state index in [2.05, 4.69) is 205 Å². The van der Waals surface area contributed by atoms with Crippen LogP contribution in [0.4, 0.5) is 17.1 Å². The second kappa shape index (κ2) is 13.2. The monoisotopic (exact) mass is 713 g/mol. The molecule has 0 atom stereocenters. The predicted octanol–water partition coefficient (Wildman–Crippen LogP) is 15.5. The van der Waals surface area contributed by atoms with E-state index in [0.29, 0.717) is 0 Å². The lowest BCUT2D eigenvalue weighted by atomic mass is 9.93. The topological polar surface area (TPSA) is 16.4 Å². The van der Waals surface area contributed by atoms with Crippen LogP contribution >= 0.6 is 0 Å². The average molecular weight is 714 g/mol. The van der Waals surface area contributed by atoms with Crippen molar-refractivity contribution in [3.8, 4) is 33.4 Å². The first-order chi connectivity index (χ1) is 27.7. The summed E-state index contributed by atoms with van der Waals surface area (Å²) in [5.74, 6) is 0. The van der Waals surface area contributed by atoms with Crippen LogP contribution in [0.3, 0.4) is 0 Å². The summed E-state index contributed by atoms with van der Waals surface area (Å²) >= 11 is 0. The summed E-state index contributed by atoms with van der Waals surface area (Å²) in [4.78, 5) is 2.38. The molecule has 262 valence electrons. The molecule has 10 aromatic carbocycles. The Hall–Kier alpha value is -7.42. The van der Waals surface area contributed by atoms with E-state index in [1.165, 1.54) is 54.6 Å². The number of rotatable bonds is 6. The van der Waals surface area contributed by atoms with Gasteiger partial charge in [-0.1, -0.05) is 152 Å². The standard InChI is InChI=1S/C54H35NO/c1-3-19-45-37(12-1)14-11-24-46(45)39-15-9-17-43(32-39)55(42-29-26-36(27-30-42)38-28-31-51-50-23-7-8-25-53(50)56-54(51)35-38)44-18-10-16-40(33-44)52-34-41-13-2-4-20-47(41)48-21-5-6-22-49(48)52/h1-35H. The van der Waals surface area contributed by atoms with Gasteiger partial charge >= 0.3 is 0 Å². The lowest BCUT2D eigenvalue weighted by Crippen LogP contribution is -2.10. The van der Waals surface area contributed by atoms with Crippen molar-refractivity contribution in [2.45, 2.75) is 0 Å². The molecule has 0 radical (unpaired) electrons. The first kappa shape index (κ1) is 32.0. The van der Waals surface area contributed by atoms with Crippen LogP contribution in [-0.2, 0) is 0 Å². The van der Waals surface area contributed by atoms with Gasteiger partial charge in [0.2, 0.25) is 0 Å². The number of hydrogen-bond donors (Lipinski definition) is 0. The van der Waals surface area contributed by atoms with E-state index in [4.69, 9.17) is 4.42 Å². The summed E-state index contributed by atoms with van der Waals surface area (Å²) in [5, 5.41) is 9.79. The molecule has 1 aromatic heterocycles. The van der Waals surface area contributed by atoms with Crippen LogP contribution in [0.25, 0.3) is 87.6 Å². The van der Waals surface area contributed by atoms with Gasteiger partial charge < -0.3 is 9.32 Å². The third kappa shape index (κ3) is 5.42. The van der Waals surface area contributed by atoms with Gasteiger partial charge in [-0.05, 0) is 126 Å². The van der Waals surface area contributed by atoms with Crippen molar-refractivity contribution in [1.82, 2.24) is 0 Å². The molecule has 0 spiro atoms. The molecule has 0 aliphatic heterocycles. The number of para-hydroxylation sites is 1. The molecule has 0 aliphatic carbocycles. The van der Waals surface area contributed by atoms with Gasteiger partial charge in [-0.15, -0.1) is 0 Å². The minimum absolute atomic E-state index is 0.901. The summed E-state index contributed by atoms with van der Waals surface area (Å²) in [6.07, 6.45) is 0. The highest BCUT2D eigenvalue weighted by Gasteiger charge is 2.17. The van der Waals surface area contributed by atoms with Crippen molar-refractivity contribution in [2.24, 2.45) is 0 Å². The molecule has 0 aliphatic rings. The molecular formula is C54H35NO. The molecule has 11 rings (SSSR count). The van der Waals surface area contributed by atoms with E-state index in [0.717, 1.165) is 50.1 Å². The van der Waals surface area contributed by atoms with Gasteiger partial charge in [-0.2, -0.15) is 0 Å². The molecule has 0 amide bonds. The van der Waals surface area contributed by atoms with Gasteiger partial charge in [-0.25, -0.2) is 0 Å². The Balaban J connectivity index is 1.06. The van der Waals surface area contributed by atoms with E-state index in [9.17, 15) is 0 Å². The summed E-state index contributed by atoms with van der Waals surface area (Å²) in [7, 11) is 0.